The molecule has 0 atom stereocenters. The SMILES string of the molecule is O=c1ccc(-n2cccn2)nn1CC1CCN(Cc2nc3c(s2)CCC3)CC1. The Bertz CT molecular complexity index is 979. The molecule has 1 saturated heterocycles. The molecule has 0 amide bonds. The highest BCUT2D eigenvalue weighted by molar-refractivity contribution is 7.11. The number of nitrogens with zero attached hydrogens (tertiary/aromatic N) is 6. The van der Waals surface area contributed by atoms with Crippen LogP contribution in [0, 0.1) is 5.92 Å². The molecule has 0 aromatic carbocycles. The first kappa shape index (κ1) is 17.8. The molecule has 0 unspecified atom stereocenters. The Hall–Kier alpha value is -2.32. The highest BCUT2D eigenvalue weighted by Gasteiger charge is 2.23. The average Bonchev–Trinajstić information content (AvgIpc) is 3.43. The van der Waals surface area contributed by atoms with Crippen LogP contribution in [0.3, 0.4) is 0 Å². The van der Waals surface area contributed by atoms with E-state index in [0.29, 0.717) is 18.3 Å². The van der Waals surface area contributed by atoms with Crippen LogP contribution in [-0.4, -0.2) is 42.5 Å². The molecule has 3 aromatic rings. The molecule has 1 aliphatic heterocycles. The normalized spacial score (nSPS) is 17.9. The lowest BCUT2D eigenvalue weighted by Crippen LogP contribution is -2.36. The molecule has 1 aliphatic carbocycles. The third-order valence-electron chi connectivity index (χ3n) is 5.73. The lowest BCUT2D eigenvalue weighted by Gasteiger charge is -2.31. The molecule has 0 radical (unpaired) electrons. The van der Waals surface area contributed by atoms with Crippen molar-refractivity contribution in [3.63, 3.8) is 0 Å². The van der Waals surface area contributed by atoms with Crippen LogP contribution in [-0.2, 0) is 25.9 Å². The summed E-state index contributed by atoms with van der Waals surface area (Å²) in [5.74, 6) is 1.16. The van der Waals surface area contributed by atoms with Crippen LogP contribution in [0.15, 0.2) is 35.4 Å². The number of aromatic nitrogens is 5. The van der Waals surface area contributed by atoms with E-state index in [9.17, 15) is 4.79 Å². The summed E-state index contributed by atoms with van der Waals surface area (Å²) in [6.45, 7) is 3.76. The number of rotatable bonds is 5. The largest absolute Gasteiger partial charge is 0.297 e. The Morgan fingerprint density at radius 2 is 2.07 bits per heavy atom. The highest BCUT2D eigenvalue weighted by atomic mass is 32.1. The minimum absolute atomic E-state index is 0.0457. The summed E-state index contributed by atoms with van der Waals surface area (Å²) in [6.07, 6.45) is 9.38. The zero-order chi connectivity index (χ0) is 18.9. The number of likely N-dealkylation sites (tertiary alicyclic amines) is 1. The Balaban J connectivity index is 1.19. The van der Waals surface area contributed by atoms with Crippen LogP contribution >= 0.6 is 11.3 Å². The van der Waals surface area contributed by atoms with Crippen LogP contribution in [0.2, 0.25) is 0 Å². The second-order valence-electron chi connectivity index (χ2n) is 7.71. The van der Waals surface area contributed by atoms with E-state index in [4.69, 9.17) is 4.98 Å². The van der Waals surface area contributed by atoms with Gasteiger partial charge in [0, 0.05) is 29.9 Å². The third kappa shape index (κ3) is 3.66. The minimum atomic E-state index is -0.0457. The van der Waals surface area contributed by atoms with Gasteiger partial charge in [0.05, 0.1) is 12.2 Å². The summed E-state index contributed by atoms with van der Waals surface area (Å²) in [5, 5.41) is 9.98. The molecule has 2 aliphatic rings. The summed E-state index contributed by atoms with van der Waals surface area (Å²) < 4.78 is 3.28. The zero-order valence-corrected chi connectivity index (χ0v) is 16.6. The van der Waals surface area contributed by atoms with Crippen molar-refractivity contribution in [2.24, 2.45) is 5.92 Å². The van der Waals surface area contributed by atoms with E-state index in [-0.39, 0.29) is 5.56 Å². The fourth-order valence-corrected chi connectivity index (χ4v) is 5.37. The van der Waals surface area contributed by atoms with Gasteiger partial charge in [-0.05, 0) is 63.2 Å². The van der Waals surface area contributed by atoms with Crippen LogP contribution in [0.1, 0.15) is 34.8 Å². The molecule has 146 valence electrons. The highest BCUT2D eigenvalue weighted by Crippen LogP contribution is 2.29. The van der Waals surface area contributed by atoms with Gasteiger partial charge in [-0.3, -0.25) is 9.69 Å². The Morgan fingerprint density at radius 3 is 2.86 bits per heavy atom. The fourth-order valence-electron chi connectivity index (χ4n) is 4.17. The van der Waals surface area contributed by atoms with Crippen molar-refractivity contribution in [3.05, 3.63) is 56.5 Å². The maximum atomic E-state index is 12.2. The summed E-state index contributed by atoms with van der Waals surface area (Å²) in [7, 11) is 0. The molecule has 8 heteroatoms. The first-order valence-electron chi connectivity index (χ1n) is 10.0. The van der Waals surface area contributed by atoms with Gasteiger partial charge in [-0.2, -0.15) is 5.10 Å². The third-order valence-corrected chi connectivity index (χ3v) is 6.87. The first-order chi connectivity index (χ1) is 13.7. The maximum Gasteiger partial charge on any atom is 0.266 e. The van der Waals surface area contributed by atoms with Crippen molar-refractivity contribution < 1.29 is 0 Å². The molecule has 5 rings (SSSR count). The lowest BCUT2D eigenvalue weighted by atomic mass is 9.97. The second kappa shape index (κ2) is 7.60. The van der Waals surface area contributed by atoms with Gasteiger partial charge in [-0.1, -0.05) is 0 Å². The number of hydrogen-bond donors (Lipinski definition) is 0. The Kier molecular flexibility index (Phi) is 4.82. The number of aryl methyl sites for hydroxylation is 2. The molecule has 4 heterocycles. The quantitative estimate of drug-likeness (QED) is 0.662. The van der Waals surface area contributed by atoms with Crippen LogP contribution in [0.25, 0.3) is 5.82 Å². The summed E-state index contributed by atoms with van der Waals surface area (Å²) in [4.78, 5) is 21.1. The molecule has 0 bridgehead atoms. The first-order valence-corrected chi connectivity index (χ1v) is 10.8. The van der Waals surface area contributed by atoms with Gasteiger partial charge in [0.25, 0.3) is 5.56 Å². The molecule has 3 aromatic heterocycles. The van der Waals surface area contributed by atoms with Crippen molar-refractivity contribution in [2.45, 2.75) is 45.2 Å². The van der Waals surface area contributed by atoms with Crippen molar-refractivity contribution >= 4 is 11.3 Å². The second-order valence-corrected chi connectivity index (χ2v) is 8.88. The van der Waals surface area contributed by atoms with Crippen molar-refractivity contribution in [3.8, 4) is 5.82 Å². The molecule has 0 spiro atoms. The summed E-state index contributed by atoms with van der Waals surface area (Å²) in [5.41, 5.74) is 1.30. The number of fused-ring (bicyclic) bond motifs is 1. The number of hydrogen-bond acceptors (Lipinski definition) is 6. The molecule has 28 heavy (non-hydrogen) atoms. The van der Waals surface area contributed by atoms with Crippen molar-refractivity contribution in [1.82, 2.24) is 29.4 Å². The van der Waals surface area contributed by atoms with Gasteiger partial charge in [-0.15, -0.1) is 16.4 Å². The average molecular weight is 397 g/mol. The standard InChI is InChI=1S/C20H24N6OS/c27-20-6-5-18(25-10-2-9-21-25)23-26(20)13-15-7-11-24(12-8-15)14-19-22-16-3-1-4-17(16)28-19/h2,5-6,9-10,15H,1,3-4,7-8,11-14H2. The van der Waals surface area contributed by atoms with Crippen LogP contribution in [0.5, 0.6) is 0 Å². The minimum Gasteiger partial charge on any atom is -0.297 e. The molecule has 7 nitrogen and oxygen atoms in total. The smallest absolute Gasteiger partial charge is 0.266 e. The maximum absolute atomic E-state index is 12.2. The van der Waals surface area contributed by atoms with E-state index in [1.165, 1.54) is 28.4 Å². The zero-order valence-electron chi connectivity index (χ0n) is 15.8. The lowest BCUT2D eigenvalue weighted by molar-refractivity contribution is 0.163. The monoisotopic (exact) mass is 396 g/mol. The molecule has 1 fully saturated rings. The molecule has 0 saturated carbocycles. The van der Waals surface area contributed by atoms with Gasteiger partial charge in [0.15, 0.2) is 5.82 Å². The van der Waals surface area contributed by atoms with E-state index in [0.717, 1.165) is 38.9 Å². The van der Waals surface area contributed by atoms with Gasteiger partial charge < -0.3 is 0 Å². The molecular weight excluding hydrogens is 372 g/mol. The fraction of sp³-hybridized carbons (Fsp3) is 0.500. The van der Waals surface area contributed by atoms with Gasteiger partial charge in [-0.25, -0.2) is 14.3 Å². The van der Waals surface area contributed by atoms with Gasteiger partial charge in [0.1, 0.15) is 5.01 Å². The van der Waals surface area contributed by atoms with Crippen LogP contribution < -0.4 is 5.56 Å². The van der Waals surface area contributed by atoms with E-state index in [2.05, 4.69) is 15.1 Å². The Labute approximate surface area is 167 Å². The van der Waals surface area contributed by atoms with Crippen molar-refractivity contribution in [2.75, 3.05) is 13.1 Å². The van der Waals surface area contributed by atoms with E-state index in [1.54, 1.807) is 27.7 Å². The van der Waals surface area contributed by atoms with E-state index in [1.807, 2.05) is 23.6 Å². The predicted octanol–water partition coefficient (Wildman–Crippen LogP) is 2.29. The van der Waals surface area contributed by atoms with E-state index < -0.39 is 0 Å². The van der Waals surface area contributed by atoms with Crippen LogP contribution in [0.4, 0.5) is 0 Å². The topological polar surface area (TPSA) is 68.8 Å². The predicted molar refractivity (Wildman–Crippen MR) is 108 cm³/mol. The van der Waals surface area contributed by atoms with Crippen molar-refractivity contribution in [1.29, 1.82) is 0 Å². The number of thiazole rings is 1. The molecule has 0 N–H and O–H groups in total. The summed E-state index contributed by atoms with van der Waals surface area (Å²) >= 11 is 1.90. The molecular formula is C20H24N6OS. The van der Waals surface area contributed by atoms with Gasteiger partial charge in [0.2, 0.25) is 0 Å². The summed E-state index contributed by atoms with van der Waals surface area (Å²) in [6, 6.07) is 5.16. The number of piperidine rings is 1. The Morgan fingerprint density at radius 1 is 1.18 bits per heavy atom. The van der Waals surface area contributed by atoms with Gasteiger partial charge >= 0.3 is 0 Å². The van der Waals surface area contributed by atoms with E-state index >= 15 is 0 Å².